The predicted molar refractivity (Wildman–Crippen MR) is 101 cm³/mol. The van der Waals surface area contributed by atoms with E-state index in [1.807, 2.05) is 19.1 Å². The molecule has 1 amide bonds. The summed E-state index contributed by atoms with van der Waals surface area (Å²) in [6, 6.07) is 7.39. The van der Waals surface area contributed by atoms with E-state index in [-0.39, 0.29) is 23.9 Å². The zero-order chi connectivity index (χ0) is 18.7. The SMILES string of the molecule is Cc1ccc(S(=O)(=O)N2CCC(C(=O)NC3CCCNC3C)CC2)cc1. The summed E-state index contributed by atoms with van der Waals surface area (Å²) in [6.45, 7) is 5.83. The maximum atomic E-state index is 12.8. The first-order valence-electron chi connectivity index (χ1n) is 9.48. The molecule has 0 spiro atoms. The largest absolute Gasteiger partial charge is 0.352 e. The van der Waals surface area contributed by atoms with Gasteiger partial charge in [-0.2, -0.15) is 4.31 Å². The van der Waals surface area contributed by atoms with Gasteiger partial charge in [0.25, 0.3) is 0 Å². The molecule has 1 aromatic rings. The first kappa shape index (κ1) is 19.3. The van der Waals surface area contributed by atoms with E-state index in [1.54, 1.807) is 12.1 Å². The molecule has 6 nitrogen and oxygen atoms in total. The summed E-state index contributed by atoms with van der Waals surface area (Å²) in [5.41, 5.74) is 1.03. The Morgan fingerprint density at radius 3 is 2.42 bits per heavy atom. The topological polar surface area (TPSA) is 78.5 Å². The molecule has 0 bridgehead atoms. The quantitative estimate of drug-likeness (QED) is 0.834. The molecule has 0 saturated carbocycles. The fraction of sp³-hybridized carbons (Fsp3) is 0.632. The number of rotatable bonds is 4. The third-order valence-corrected chi connectivity index (χ3v) is 7.49. The minimum absolute atomic E-state index is 0.0675. The van der Waals surface area contributed by atoms with E-state index in [2.05, 4.69) is 17.6 Å². The number of nitrogens with one attached hydrogen (secondary N) is 2. The number of benzene rings is 1. The van der Waals surface area contributed by atoms with Crippen LogP contribution in [0.1, 0.15) is 38.2 Å². The Bertz CT molecular complexity index is 725. The Hall–Kier alpha value is -1.44. The molecule has 2 saturated heterocycles. The van der Waals surface area contributed by atoms with Crippen molar-refractivity contribution >= 4 is 15.9 Å². The monoisotopic (exact) mass is 379 g/mol. The summed E-state index contributed by atoms with van der Waals surface area (Å²) in [7, 11) is -3.47. The van der Waals surface area contributed by atoms with Crippen molar-refractivity contribution in [3.8, 4) is 0 Å². The van der Waals surface area contributed by atoms with Crippen LogP contribution in [0.3, 0.4) is 0 Å². The molecule has 1 aromatic carbocycles. The van der Waals surface area contributed by atoms with E-state index >= 15 is 0 Å². The molecule has 3 rings (SSSR count). The molecular formula is C19H29N3O3S. The maximum absolute atomic E-state index is 12.8. The molecule has 7 heteroatoms. The lowest BCUT2D eigenvalue weighted by Crippen LogP contribution is -2.54. The lowest BCUT2D eigenvalue weighted by atomic mass is 9.94. The highest BCUT2D eigenvalue weighted by molar-refractivity contribution is 7.89. The summed E-state index contributed by atoms with van der Waals surface area (Å²) < 4.78 is 27.0. The minimum atomic E-state index is -3.47. The van der Waals surface area contributed by atoms with Crippen LogP contribution in [0.4, 0.5) is 0 Å². The van der Waals surface area contributed by atoms with Crippen LogP contribution in [0.25, 0.3) is 0 Å². The van der Waals surface area contributed by atoms with Gasteiger partial charge in [-0.3, -0.25) is 4.79 Å². The smallest absolute Gasteiger partial charge is 0.243 e. The van der Waals surface area contributed by atoms with Crippen molar-refractivity contribution in [2.24, 2.45) is 5.92 Å². The Morgan fingerprint density at radius 1 is 1.15 bits per heavy atom. The van der Waals surface area contributed by atoms with Crippen LogP contribution in [-0.2, 0) is 14.8 Å². The van der Waals surface area contributed by atoms with E-state index < -0.39 is 10.0 Å². The lowest BCUT2D eigenvalue weighted by Gasteiger charge is -2.34. The van der Waals surface area contributed by atoms with Gasteiger partial charge in [0, 0.05) is 31.1 Å². The lowest BCUT2D eigenvalue weighted by molar-refractivity contribution is -0.127. The number of carbonyl (C=O) groups excluding carboxylic acids is 1. The Morgan fingerprint density at radius 2 is 1.81 bits per heavy atom. The molecule has 2 unspecified atom stereocenters. The molecule has 2 aliphatic heterocycles. The van der Waals surface area contributed by atoms with E-state index in [4.69, 9.17) is 0 Å². The van der Waals surface area contributed by atoms with Crippen LogP contribution in [-0.4, -0.2) is 50.3 Å². The molecule has 2 aliphatic rings. The standard InChI is InChI=1S/C19H29N3O3S/c1-14-5-7-17(8-6-14)26(24,25)22-12-9-16(10-13-22)19(23)21-18-4-3-11-20-15(18)2/h5-8,15-16,18,20H,3-4,9-13H2,1-2H3,(H,21,23). The van der Waals surface area contributed by atoms with Gasteiger partial charge in [-0.05, 0) is 58.2 Å². The first-order chi connectivity index (χ1) is 12.4. The number of carbonyl (C=O) groups is 1. The number of nitrogens with zero attached hydrogens (tertiary/aromatic N) is 1. The third kappa shape index (κ3) is 4.27. The van der Waals surface area contributed by atoms with Gasteiger partial charge in [0.2, 0.25) is 15.9 Å². The number of sulfonamides is 1. The molecule has 144 valence electrons. The second-order valence-electron chi connectivity index (χ2n) is 7.49. The molecule has 0 radical (unpaired) electrons. The van der Waals surface area contributed by atoms with Crippen molar-refractivity contribution in [2.45, 2.75) is 56.5 Å². The van der Waals surface area contributed by atoms with Gasteiger partial charge in [0.05, 0.1) is 4.90 Å². The molecule has 2 heterocycles. The van der Waals surface area contributed by atoms with Gasteiger partial charge in [0.1, 0.15) is 0 Å². The van der Waals surface area contributed by atoms with Crippen molar-refractivity contribution in [1.29, 1.82) is 0 Å². The first-order valence-corrected chi connectivity index (χ1v) is 10.9. The van der Waals surface area contributed by atoms with Crippen molar-refractivity contribution in [2.75, 3.05) is 19.6 Å². The summed E-state index contributed by atoms with van der Waals surface area (Å²) in [5.74, 6) is -0.0356. The number of aryl methyl sites for hydroxylation is 1. The summed E-state index contributed by atoms with van der Waals surface area (Å²) in [4.78, 5) is 12.9. The predicted octanol–water partition coefficient (Wildman–Crippen LogP) is 1.65. The number of piperidine rings is 2. The van der Waals surface area contributed by atoms with E-state index in [0.717, 1.165) is 24.9 Å². The van der Waals surface area contributed by atoms with Crippen LogP contribution < -0.4 is 10.6 Å². The van der Waals surface area contributed by atoms with Crippen molar-refractivity contribution < 1.29 is 13.2 Å². The average molecular weight is 380 g/mol. The van der Waals surface area contributed by atoms with Gasteiger partial charge in [-0.15, -0.1) is 0 Å². The van der Waals surface area contributed by atoms with E-state index in [1.165, 1.54) is 4.31 Å². The fourth-order valence-corrected chi connectivity index (χ4v) is 5.23. The number of hydrogen-bond acceptors (Lipinski definition) is 4. The van der Waals surface area contributed by atoms with E-state index in [9.17, 15) is 13.2 Å². The third-order valence-electron chi connectivity index (χ3n) is 5.57. The van der Waals surface area contributed by atoms with Crippen molar-refractivity contribution in [1.82, 2.24) is 14.9 Å². The van der Waals surface area contributed by atoms with Gasteiger partial charge >= 0.3 is 0 Å². The van der Waals surface area contributed by atoms with Gasteiger partial charge in [-0.25, -0.2) is 8.42 Å². The van der Waals surface area contributed by atoms with Crippen molar-refractivity contribution in [3.05, 3.63) is 29.8 Å². The highest BCUT2D eigenvalue weighted by Gasteiger charge is 2.33. The maximum Gasteiger partial charge on any atom is 0.243 e. The summed E-state index contributed by atoms with van der Waals surface area (Å²) in [5, 5.41) is 6.55. The van der Waals surface area contributed by atoms with E-state index in [0.29, 0.717) is 30.8 Å². The van der Waals surface area contributed by atoms with Gasteiger partial charge in [-0.1, -0.05) is 17.7 Å². The van der Waals surface area contributed by atoms with Crippen LogP contribution in [0.2, 0.25) is 0 Å². The second-order valence-corrected chi connectivity index (χ2v) is 9.43. The van der Waals surface area contributed by atoms with Crippen molar-refractivity contribution in [3.63, 3.8) is 0 Å². The molecule has 0 aliphatic carbocycles. The average Bonchev–Trinajstić information content (AvgIpc) is 2.64. The Balaban J connectivity index is 1.56. The normalized spacial score (nSPS) is 25.8. The second kappa shape index (κ2) is 8.06. The molecule has 2 fully saturated rings. The van der Waals surface area contributed by atoms with Gasteiger partial charge in [0.15, 0.2) is 0 Å². The zero-order valence-electron chi connectivity index (χ0n) is 15.6. The number of amides is 1. The van der Waals surface area contributed by atoms with Gasteiger partial charge < -0.3 is 10.6 Å². The molecular weight excluding hydrogens is 350 g/mol. The van der Waals surface area contributed by atoms with Crippen LogP contribution in [0.5, 0.6) is 0 Å². The zero-order valence-corrected chi connectivity index (χ0v) is 16.4. The molecule has 26 heavy (non-hydrogen) atoms. The Kier molecular flexibility index (Phi) is 5.99. The highest BCUT2D eigenvalue weighted by Crippen LogP contribution is 2.24. The Labute approximate surface area is 156 Å². The minimum Gasteiger partial charge on any atom is -0.352 e. The summed E-state index contributed by atoms with van der Waals surface area (Å²) in [6.07, 6.45) is 3.22. The number of hydrogen-bond donors (Lipinski definition) is 2. The molecule has 0 aromatic heterocycles. The summed E-state index contributed by atoms with van der Waals surface area (Å²) >= 11 is 0. The highest BCUT2D eigenvalue weighted by atomic mass is 32.2. The molecule has 2 atom stereocenters. The fourth-order valence-electron chi connectivity index (χ4n) is 3.76. The van der Waals surface area contributed by atoms with Crippen LogP contribution in [0, 0.1) is 12.8 Å². The van der Waals surface area contributed by atoms with Crippen LogP contribution >= 0.6 is 0 Å². The molecule has 2 N–H and O–H groups in total. The van der Waals surface area contributed by atoms with Crippen LogP contribution in [0.15, 0.2) is 29.2 Å².